The molecule has 66 heavy (non-hydrogen) atoms. The van der Waals surface area contributed by atoms with E-state index in [1.54, 1.807) is 90.0 Å². The topological polar surface area (TPSA) is 242 Å². The van der Waals surface area contributed by atoms with Gasteiger partial charge in [0.1, 0.15) is 46.8 Å². The van der Waals surface area contributed by atoms with Crippen LogP contribution in [0.3, 0.4) is 0 Å². The number of rotatable bonds is 8. The molecular weight excluding hydrogens is 869 g/mol. The van der Waals surface area contributed by atoms with Crippen molar-refractivity contribution in [2.45, 2.75) is 195 Å². The van der Waals surface area contributed by atoms with Crippen molar-refractivity contribution < 1.29 is 86.3 Å². The van der Waals surface area contributed by atoms with Crippen LogP contribution in [0, 0.1) is 0 Å². The fourth-order valence-electron chi connectivity index (χ4n) is 5.71. The zero-order valence-electron chi connectivity index (χ0n) is 42.0. The summed E-state index contributed by atoms with van der Waals surface area (Å²) >= 11 is 0. The Kier molecular flexibility index (Phi) is 23.2. The molecule has 0 spiro atoms. The molecule has 0 aliphatic carbocycles. The molecule has 0 radical (unpaired) electrons. The summed E-state index contributed by atoms with van der Waals surface area (Å²) in [5.74, 6) is -1.86. The van der Waals surface area contributed by atoms with Gasteiger partial charge in [-0.1, -0.05) is 24.3 Å². The third-order valence-electron chi connectivity index (χ3n) is 8.56. The van der Waals surface area contributed by atoms with E-state index in [4.69, 9.17) is 47.4 Å². The fourth-order valence-corrected chi connectivity index (χ4v) is 5.71. The molecule has 2 aliphatic rings. The summed E-state index contributed by atoms with van der Waals surface area (Å²) in [7, 11) is 0. The van der Waals surface area contributed by atoms with Crippen molar-refractivity contribution in [3.63, 3.8) is 0 Å². The molecule has 2 aliphatic heterocycles. The summed E-state index contributed by atoms with van der Waals surface area (Å²) in [4.78, 5) is 78.9. The highest BCUT2D eigenvalue weighted by Gasteiger charge is 2.45. The van der Waals surface area contributed by atoms with Crippen LogP contribution in [0.15, 0.2) is 24.3 Å². The lowest BCUT2D eigenvalue weighted by Crippen LogP contribution is -2.56. The van der Waals surface area contributed by atoms with Gasteiger partial charge in [-0.3, -0.25) is 0 Å². The molecule has 380 valence electrons. The van der Waals surface area contributed by atoms with E-state index < -0.39 is 107 Å². The van der Waals surface area contributed by atoms with Crippen molar-refractivity contribution in [2.75, 3.05) is 39.6 Å². The Hall–Kier alpha value is -4.34. The molecule has 20 nitrogen and oxygen atoms in total. The summed E-state index contributed by atoms with van der Waals surface area (Å²) in [6.07, 6.45) is -9.30. The van der Waals surface area contributed by atoms with Crippen molar-refractivity contribution in [1.29, 1.82) is 0 Å². The minimum atomic E-state index is -1.50. The molecule has 20 heteroatoms. The molecule has 2 rings (SSSR count). The number of carbonyl (C=O) groups excluding carboxylic acids is 6. The second kappa shape index (κ2) is 25.7. The molecular formula is C46H78N2O18. The van der Waals surface area contributed by atoms with E-state index in [0.717, 1.165) is 11.1 Å². The zero-order chi connectivity index (χ0) is 51.1. The fraction of sp³-hybridized carbons (Fsp3) is 0.783. The molecule has 2 saturated heterocycles. The molecule has 8 atom stereocenters. The van der Waals surface area contributed by atoms with Gasteiger partial charge in [-0.25, -0.2) is 28.8 Å². The third-order valence-corrected chi connectivity index (χ3v) is 8.56. The predicted molar refractivity (Wildman–Crippen MR) is 239 cm³/mol. The van der Waals surface area contributed by atoms with E-state index >= 15 is 0 Å². The summed E-state index contributed by atoms with van der Waals surface area (Å²) in [6.45, 7) is 34.0. The van der Waals surface area contributed by atoms with Gasteiger partial charge in [0.25, 0.3) is 0 Å². The molecule has 2 heterocycles. The number of nitrogens with zero attached hydrogens (tertiary/aromatic N) is 2. The van der Waals surface area contributed by atoms with Crippen molar-refractivity contribution in [1.82, 2.24) is 9.80 Å². The molecule has 0 aromatic rings. The number of hydrogen-bond donors (Lipinski definition) is 2. The van der Waals surface area contributed by atoms with Gasteiger partial charge in [0, 0.05) is 13.2 Å². The Balaban J connectivity index is 0.000000680. The maximum Gasteiger partial charge on any atom is 0.420 e. The predicted octanol–water partition coefficient (Wildman–Crippen LogP) is 6.40. The van der Waals surface area contributed by atoms with Gasteiger partial charge >= 0.3 is 36.3 Å². The number of hydrogen-bond acceptors (Lipinski definition) is 18. The van der Waals surface area contributed by atoms with Gasteiger partial charge in [-0.15, -0.1) is 0 Å². The van der Waals surface area contributed by atoms with Crippen LogP contribution < -0.4 is 0 Å². The first-order valence-corrected chi connectivity index (χ1v) is 22.0. The number of imide groups is 2. The Morgan fingerprint density at radius 2 is 0.924 bits per heavy atom. The van der Waals surface area contributed by atoms with Crippen LogP contribution in [-0.2, 0) is 57.0 Å². The second-order valence-corrected chi connectivity index (χ2v) is 20.3. The van der Waals surface area contributed by atoms with Gasteiger partial charge in [0.05, 0.1) is 38.6 Å². The van der Waals surface area contributed by atoms with Crippen LogP contribution in [0.25, 0.3) is 0 Å². The number of esters is 2. The highest BCUT2D eigenvalue weighted by atomic mass is 16.6. The van der Waals surface area contributed by atoms with Gasteiger partial charge in [-0.2, -0.15) is 9.80 Å². The maximum atomic E-state index is 13.4. The Labute approximate surface area is 390 Å². The zero-order valence-corrected chi connectivity index (χ0v) is 42.0. The average Bonchev–Trinajstić information content (AvgIpc) is 3.11. The van der Waals surface area contributed by atoms with Crippen LogP contribution in [0.4, 0.5) is 19.2 Å². The molecule has 0 aromatic carbocycles. The number of cyclic esters (lactones) is 2. The summed E-state index contributed by atoms with van der Waals surface area (Å²) in [6, 6.07) is -2.94. The highest BCUT2D eigenvalue weighted by Crippen LogP contribution is 2.24. The molecule has 0 saturated carbocycles. The molecule has 2 N–H and O–H groups in total. The van der Waals surface area contributed by atoms with Crippen molar-refractivity contribution in [2.24, 2.45) is 0 Å². The number of ether oxygens (including phenoxy) is 10. The van der Waals surface area contributed by atoms with Crippen LogP contribution in [-0.4, -0.2) is 167 Å². The van der Waals surface area contributed by atoms with Gasteiger partial charge < -0.3 is 57.6 Å². The second-order valence-electron chi connectivity index (χ2n) is 20.3. The van der Waals surface area contributed by atoms with Crippen LogP contribution in [0.5, 0.6) is 0 Å². The Morgan fingerprint density at radius 1 is 0.591 bits per heavy atom. The lowest BCUT2D eigenvalue weighted by molar-refractivity contribution is -0.177. The summed E-state index contributed by atoms with van der Waals surface area (Å²) in [5, 5.41) is 19.9. The summed E-state index contributed by atoms with van der Waals surface area (Å²) < 4.78 is 55.4. The summed E-state index contributed by atoms with van der Waals surface area (Å²) in [5.41, 5.74) is -2.13. The molecule has 2 fully saturated rings. The molecule has 0 aromatic heterocycles. The van der Waals surface area contributed by atoms with E-state index in [1.807, 2.05) is 13.8 Å². The van der Waals surface area contributed by atoms with Crippen LogP contribution >= 0.6 is 0 Å². The van der Waals surface area contributed by atoms with Gasteiger partial charge in [0.15, 0.2) is 12.1 Å². The normalized spacial score (nSPS) is 24.9. The van der Waals surface area contributed by atoms with E-state index in [9.17, 15) is 39.0 Å². The first-order chi connectivity index (χ1) is 30.0. The van der Waals surface area contributed by atoms with Crippen LogP contribution in [0.2, 0.25) is 0 Å². The number of carbonyl (C=O) groups is 6. The molecule has 4 amide bonds. The smallest absolute Gasteiger partial charge is 0.420 e. The van der Waals surface area contributed by atoms with E-state index in [-0.39, 0.29) is 39.5 Å². The monoisotopic (exact) mass is 947 g/mol. The van der Waals surface area contributed by atoms with Crippen molar-refractivity contribution in [3.05, 3.63) is 24.3 Å². The number of aliphatic hydroxyl groups excluding tert-OH is 2. The molecule has 0 bridgehead atoms. The largest absolute Gasteiger partial charge is 0.458 e. The van der Waals surface area contributed by atoms with Crippen molar-refractivity contribution >= 4 is 36.3 Å². The minimum Gasteiger partial charge on any atom is -0.458 e. The minimum absolute atomic E-state index is 0.00873. The maximum absolute atomic E-state index is 13.4. The quantitative estimate of drug-likeness (QED) is 0.152. The lowest BCUT2D eigenvalue weighted by atomic mass is 10.0. The van der Waals surface area contributed by atoms with E-state index in [0.29, 0.717) is 22.8 Å². The highest BCUT2D eigenvalue weighted by molar-refractivity contribution is 5.95. The Morgan fingerprint density at radius 3 is 1.27 bits per heavy atom. The SMILES string of the molecule is C=C(C)CO[C@H]1[C@H](C)OC(=O)[C@@H](N(C(=O)OC(C)(C)C)C(=O)OC(C)(C)C)COCC[C@@H]1OCC(=C)C.C[C@@H]1OC(=O)[C@@H](N(C(=O)OC(C)(C)C)C(=O)OC(C)(C)C)COCC[C@H](O)[C@H]1O. The van der Waals surface area contributed by atoms with Gasteiger partial charge in [-0.05, 0) is 124 Å². The molecule has 0 unspecified atom stereocenters. The van der Waals surface area contributed by atoms with E-state index in [2.05, 4.69) is 13.2 Å². The van der Waals surface area contributed by atoms with E-state index in [1.165, 1.54) is 6.92 Å². The number of aliphatic hydroxyl groups is 2. The number of amides is 4. The first kappa shape index (κ1) is 59.7. The van der Waals surface area contributed by atoms with Crippen molar-refractivity contribution in [3.8, 4) is 0 Å². The lowest BCUT2D eigenvalue weighted by Gasteiger charge is -2.36. The van der Waals surface area contributed by atoms with Gasteiger partial charge in [0.2, 0.25) is 0 Å². The average molecular weight is 947 g/mol. The Bertz CT molecular complexity index is 1600. The third kappa shape index (κ3) is 22.4. The van der Waals surface area contributed by atoms with Crippen LogP contribution in [0.1, 0.15) is 124 Å². The standard InChI is InChI=1S/C27H45NO9.C19H33NO9/c1-17(2)14-33-21-12-13-32-16-20(23(29)35-19(5)22(21)34-15-18(3)4)28(24(30)36-26(6,7)8)25(31)37-27(9,10)11;1-11-14(22)13(21)8-9-26-10-12(15(23)27-11)20(16(24)28-18(2,3)4)17(25)29-19(5,6)7/h19-22H,1,3,12-16H2,2,4-11H3;11-14,21-22H,8-10H2,1-7H3/t19-,20-,21-,22-;11-,12-,13-,14-/m00/s1. The first-order valence-electron chi connectivity index (χ1n) is 22.0.